The molecule has 0 aliphatic heterocycles. The van der Waals surface area contributed by atoms with Crippen LogP contribution in [0, 0.1) is 23.7 Å². The van der Waals surface area contributed by atoms with Crippen LogP contribution in [0.25, 0.3) is 44.2 Å². The van der Waals surface area contributed by atoms with Crippen molar-refractivity contribution < 1.29 is 4.42 Å². The summed E-state index contributed by atoms with van der Waals surface area (Å²) in [4.78, 5) is 2.52. The maximum Gasteiger partial charge on any atom is 0.137 e. The van der Waals surface area contributed by atoms with Gasteiger partial charge in [0.15, 0.2) is 0 Å². The Morgan fingerprint density at radius 3 is 1.93 bits per heavy atom. The number of hydrogen-bond acceptors (Lipinski definition) is 2. The summed E-state index contributed by atoms with van der Waals surface area (Å²) in [6, 6.07) is 48.6. The van der Waals surface area contributed by atoms with Gasteiger partial charge in [0.1, 0.15) is 11.2 Å². The standard InChI is InChI=1S/C54H51NO/c1-52(2)25-26-53(3,4)51-46(52)16-10-17-47(51)55(39-23-24-43-42-12-6-8-18-48(42)56-49(43)32-39)38-21-19-35(20-22-38)40-13-9-14-44-41-11-5-7-15-45(41)54(50(40)44)36-28-33-27-34(30-36)31-37(54)29-33/h5-24,32-34,36-37H,25-31H2,1-4H3. The molecular weight excluding hydrogens is 679 g/mol. The molecule has 0 saturated heterocycles. The van der Waals surface area contributed by atoms with Crippen molar-refractivity contribution in [2.75, 3.05) is 4.90 Å². The largest absolute Gasteiger partial charge is 0.456 e. The van der Waals surface area contributed by atoms with Crippen molar-refractivity contribution in [3.05, 3.63) is 150 Å². The van der Waals surface area contributed by atoms with Crippen molar-refractivity contribution in [2.45, 2.75) is 88.9 Å². The Morgan fingerprint density at radius 1 is 0.500 bits per heavy atom. The van der Waals surface area contributed by atoms with E-state index < -0.39 is 0 Å². The maximum atomic E-state index is 6.52. The Labute approximate surface area is 331 Å². The van der Waals surface area contributed by atoms with Gasteiger partial charge in [-0.3, -0.25) is 0 Å². The average molecular weight is 730 g/mol. The van der Waals surface area contributed by atoms with Crippen molar-refractivity contribution in [3.63, 3.8) is 0 Å². The van der Waals surface area contributed by atoms with E-state index in [0.717, 1.165) is 52.3 Å². The summed E-state index contributed by atoms with van der Waals surface area (Å²) in [5, 5.41) is 2.33. The molecule has 0 unspecified atom stereocenters. The predicted octanol–water partition coefficient (Wildman–Crippen LogP) is 14.8. The van der Waals surface area contributed by atoms with Crippen molar-refractivity contribution in [3.8, 4) is 22.3 Å². The molecule has 0 radical (unpaired) electrons. The molecule has 2 heteroatoms. The number of benzene rings is 6. The summed E-state index contributed by atoms with van der Waals surface area (Å²) in [5.74, 6) is 3.33. The van der Waals surface area contributed by atoms with Crippen LogP contribution in [0.5, 0.6) is 0 Å². The van der Waals surface area contributed by atoms with E-state index >= 15 is 0 Å². The molecule has 1 heterocycles. The van der Waals surface area contributed by atoms with Gasteiger partial charge in [0.05, 0.1) is 5.69 Å². The molecule has 56 heavy (non-hydrogen) atoms. The molecule has 4 bridgehead atoms. The quantitative estimate of drug-likeness (QED) is 0.179. The number of anilines is 3. The maximum absolute atomic E-state index is 6.52. The molecular formula is C54H51NO. The molecule has 0 atom stereocenters. The number of furan rings is 1. The molecule has 1 spiro atoms. The summed E-state index contributed by atoms with van der Waals surface area (Å²) in [6.07, 6.45) is 9.40. The van der Waals surface area contributed by atoms with E-state index in [1.807, 2.05) is 0 Å². The molecule has 4 saturated carbocycles. The molecule has 6 aliphatic carbocycles. The molecule has 0 N–H and O–H groups in total. The fourth-order valence-electron chi connectivity index (χ4n) is 13.4. The van der Waals surface area contributed by atoms with E-state index in [2.05, 4.69) is 160 Å². The van der Waals surface area contributed by atoms with E-state index in [4.69, 9.17) is 4.42 Å². The van der Waals surface area contributed by atoms with Crippen LogP contribution in [0.4, 0.5) is 17.1 Å². The van der Waals surface area contributed by atoms with Crippen molar-refractivity contribution >= 4 is 39.0 Å². The second-order valence-corrected chi connectivity index (χ2v) is 19.6. The molecule has 13 rings (SSSR count). The summed E-state index contributed by atoms with van der Waals surface area (Å²) < 4.78 is 6.52. The smallest absolute Gasteiger partial charge is 0.137 e. The lowest BCUT2D eigenvalue weighted by Crippen LogP contribution is -2.55. The van der Waals surface area contributed by atoms with Gasteiger partial charge in [-0.15, -0.1) is 0 Å². The van der Waals surface area contributed by atoms with Crippen molar-refractivity contribution in [1.82, 2.24) is 0 Å². The van der Waals surface area contributed by atoms with Gasteiger partial charge in [-0.05, 0) is 160 Å². The zero-order valence-corrected chi connectivity index (χ0v) is 33.2. The first-order chi connectivity index (χ1) is 27.2. The highest BCUT2D eigenvalue weighted by Crippen LogP contribution is 2.70. The lowest BCUT2D eigenvalue weighted by atomic mass is 9.42. The van der Waals surface area contributed by atoms with E-state index in [9.17, 15) is 0 Å². The topological polar surface area (TPSA) is 16.4 Å². The third kappa shape index (κ3) is 4.45. The number of rotatable bonds is 4. The Morgan fingerprint density at radius 2 is 1.12 bits per heavy atom. The van der Waals surface area contributed by atoms with Gasteiger partial charge in [-0.25, -0.2) is 0 Å². The molecule has 7 aromatic rings. The minimum atomic E-state index is 0.0374. The van der Waals surface area contributed by atoms with Crippen LogP contribution < -0.4 is 4.90 Å². The highest BCUT2D eigenvalue weighted by molar-refractivity contribution is 6.06. The molecule has 278 valence electrons. The highest BCUT2D eigenvalue weighted by Gasteiger charge is 2.62. The third-order valence-corrected chi connectivity index (χ3v) is 15.7. The minimum Gasteiger partial charge on any atom is -0.456 e. The van der Waals surface area contributed by atoms with E-state index in [1.54, 1.807) is 11.1 Å². The van der Waals surface area contributed by atoms with Crippen LogP contribution in [0.15, 0.2) is 132 Å². The lowest BCUT2D eigenvalue weighted by Gasteiger charge is -2.61. The van der Waals surface area contributed by atoms with Crippen LogP contribution in [0.2, 0.25) is 0 Å². The second kappa shape index (κ2) is 11.5. The lowest BCUT2D eigenvalue weighted by molar-refractivity contribution is -0.0397. The molecule has 6 aliphatic rings. The van der Waals surface area contributed by atoms with Crippen LogP contribution in [-0.2, 0) is 16.2 Å². The van der Waals surface area contributed by atoms with E-state index in [0.29, 0.717) is 0 Å². The van der Waals surface area contributed by atoms with Crippen LogP contribution >= 0.6 is 0 Å². The Kier molecular flexibility index (Phi) is 6.80. The number of hydrogen-bond donors (Lipinski definition) is 0. The molecule has 1 aromatic heterocycles. The number of nitrogens with zero attached hydrogens (tertiary/aromatic N) is 1. The SMILES string of the molecule is CC1(C)CCC(C)(C)c2c(N(c3ccc(-c4cccc5c4C4(c6ccccc6-5)C5CC6CC(C5)CC4C6)cc3)c3ccc4c(c3)oc3ccccc34)cccc21. The van der Waals surface area contributed by atoms with E-state index in [1.165, 1.54) is 88.7 Å². The number of para-hydroxylation sites is 1. The van der Waals surface area contributed by atoms with Crippen LogP contribution in [0.3, 0.4) is 0 Å². The van der Waals surface area contributed by atoms with Crippen LogP contribution in [-0.4, -0.2) is 0 Å². The Bertz CT molecular complexity index is 2700. The second-order valence-electron chi connectivity index (χ2n) is 19.6. The summed E-state index contributed by atoms with van der Waals surface area (Å²) in [7, 11) is 0. The highest BCUT2D eigenvalue weighted by atomic mass is 16.3. The fourth-order valence-corrected chi connectivity index (χ4v) is 13.4. The van der Waals surface area contributed by atoms with Gasteiger partial charge in [0, 0.05) is 33.6 Å². The minimum absolute atomic E-state index is 0.0374. The first-order valence-electron chi connectivity index (χ1n) is 21.4. The first kappa shape index (κ1) is 33.1. The van der Waals surface area contributed by atoms with E-state index in [-0.39, 0.29) is 16.2 Å². The zero-order valence-electron chi connectivity index (χ0n) is 33.2. The van der Waals surface area contributed by atoms with Gasteiger partial charge in [-0.1, -0.05) is 113 Å². The zero-order chi connectivity index (χ0) is 37.6. The molecule has 6 aromatic carbocycles. The fraction of sp³-hybridized carbons (Fsp3) is 0.333. The summed E-state index contributed by atoms with van der Waals surface area (Å²) in [6.45, 7) is 9.75. The van der Waals surface area contributed by atoms with Gasteiger partial charge in [0.2, 0.25) is 0 Å². The summed E-state index contributed by atoms with van der Waals surface area (Å²) >= 11 is 0. The Balaban J connectivity index is 1.04. The summed E-state index contributed by atoms with van der Waals surface area (Å²) in [5.41, 5.74) is 17.6. The van der Waals surface area contributed by atoms with Gasteiger partial charge in [0.25, 0.3) is 0 Å². The average Bonchev–Trinajstić information content (AvgIpc) is 3.73. The monoisotopic (exact) mass is 729 g/mol. The third-order valence-electron chi connectivity index (χ3n) is 15.7. The van der Waals surface area contributed by atoms with Gasteiger partial charge in [-0.2, -0.15) is 0 Å². The molecule has 0 amide bonds. The predicted molar refractivity (Wildman–Crippen MR) is 232 cm³/mol. The van der Waals surface area contributed by atoms with Gasteiger partial charge < -0.3 is 9.32 Å². The van der Waals surface area contributed by atoms with Gasteiger partial charge >= 0.3 is 0 Å². The van der Waals surface area contributed by atoms with Crippen LogP contribution in [0.1, 0.15) is 94.9 Å². The molecule has 4 fully saturated rings. The first-order valence-corrected chi connectivity index (χ1v) is 21.4. The van der Waals surface area contributed by atoms with Crippen molar-refractivity contribution in [1.29, 1.82) is 0 Å². The normalized spacial score (nSPS) is 26.1. The van der Waals surface area contributed by atoms with Crippen molar-refractivity contribution in [2.24, 2.45) is 23.7 Å². The number of fused-ring (bicyclic) bond motifs is 7. The molecule has 2 nitrogen and oxygen atoms in total. The Hall–Kier alpha value is -5.08.